The van der Waals surface area contributed by atoms with E-state index < -0.39 is 20.0 Å². The number of hydrogen-bond acceptors (Lipinski definition) is 5. The normalized spacial score (nSPS) is 19.5. The van der Waals surface area contributed by atoms with E-state index in [-0.39, 0.29) is 29.7 Å². The lowest BCUT2D eigenvalue weighted by molar-refractivity contribution is 0.266. The van der Waals surface area contributed by atoms with Gasteiger partial charge >= 0.3 is 0 Å². The van der Waals surface area contributed by atoms with E-state index in [1.54, 1.807) is 6.07 Å². The molecule has 0 spiro atoms. The minimum absolute atomic E-state index is 0.00909. The van der Waals surface area contributed by atoms with Crippen LogP contribution in [0.1, 0.15) is 12.8 Å². The fourth-order valence-electron chi connectivity index (χ4n) is 2.70. The van der Waals surface area contributed by atoms with Gasteiger partial charge in [0.1, 0.15) is 10.6 Å². The van der Waals surface area contributed by atoms with Crippen molar-refractivity contribution < 1.29 is 21.6 Å². The predicted molar refractivity (Wildman–Crippen MR) is 96.6 cm³/mol. The van der Waals surface area contributed by atoms with Crippen molar-refractivity contribution in [2.75, 3.05) is 26.7 Å². The number of benzene rings is 1. The van der Waals surface area contributed by atoms with Gasteiger partial charge in [-0.05, 0) is 37.0 Å². The summed E-state index contributed by atoms with van der Waals surface area (Å²) in [5, 5.41) is 1.13. The Balaban J connectivity index is 2.20. The first-order valence-corrected chi connectivity index (χ1v) is 11.0. The Bertz CT molecular complexity index is 839. The molecule has 1 aromatic carbocycles. The van der Waals surface area contributed by atoms with Crippen LogP contribution in [0.3, 0.4) is 0 Å². The average Bonchev–Trinajstić information content (AvgIpc) is 2.60. The Kier molecular flexibility index (Phi) is 6.50. The zero-order chi connectivity index (χ0) is 18.7. The van der Waals surface area contributed by atoms with Crippen LogP contribution in [0.4, 0.5) is 0 Å². The molecule has 1 aromatic rings. The monoisotopic (exact) mass is 408 g/mol. The molecule has 0 aromatic heterocycles. The molecule has 140 valence electrons. The van der Waals surface area contributed by atoms with Gasteiger partial charge in [-0.25, -0.2) is 21.6 Å². The van der Waals surface area contributed by atoms with Gasteiger partial charge in [-0.1, -0.05) is 18.2 Å². The number of hydrogen-bond donors (Lipinski definition) is 1. The average molecular weight is 409 g/mol. The highest BCUT2D eigenvalue weighted by Gasteiger charge is 2.32. The first-order valence-electron chi connectivity index (χ1n) is 7.65. The Labute approximate surface area is 153 Å². The topological polar surface area (TPSA) is 92.8 Å². The number of methoxy groups -OCH3 is 1. The molecule has 7 nitrogen and oxygen atoms in total. The van der Waals surface area contributed by atoms with Crippen LogP contribution in [0, 0.1) is 5.92 Å². The fraction of sp³-hybridized carbons (Fsp3) is 0.467. The smallest absolute Gasteiger partial charge is 0.246 e. The van der Waals surface area contributed by atoms with Gasteiger partial charge in [-0.2, -0.15) is 4.31 Å². The van der Waals surface area contributed by atoms with E-state index in [0.29, 0.717) is 18.0 Å². The summed E-state index contributed by atoms with van der Waals surface area (Å²) in [5.74, 6) is 0.0994. The maximum absolute atomic E-state index is 13.0. The minimum Gasteiger partial charge on any atom is -0.495 e. The fourth-order valence-corrected chi connectivity index (χ4v) is 5.25. The van der Waals surface area contributed by atoms with Crippen molar-refractivity contribution in [1.82, 2.24) is 9.03 Å². The number of sulfonamides is 2. The second-order valence-electron chi connectivity index (χ2n) is 5.73. The molecule has 1 heterocycles. The summed E-state index contributed by atoms with van der Waals surface area (Å²) >= 11 is 5.94. The number of halogens is 1. The Morgan fingerprint density at radius 3 is 2.76 bits per heavy atom. The third kappa shape index (κ3) is 4.95. The van der Waals surface area contributed by atoms with Gasteiger partial charge in [0.25, 0.3) is 0 Å². The molecular formula is C15H21ClN2O5S2. The Morgan fingerprint density at radius 2 is 2.12 bits per heavy atom. The van der Waals surface area contributed by atoms with Gasteiger partial charge in [0, 0.05) is 30.1 Å². The van der Waals surface area contributed by atoms with Crippen LogP contribution in [0.15, 0.2) is 35.1 Å². The summed E-state index contributed by atoms with van der Waals surface area (Å²) < 4.78 is 57.7. The van der Waals surface area contributed by atoms with Gasteiger partial charge < -0.3 is 4.74 Å². The molecule has 1 N–H and O–H groups in total. The van der Waals surface area contributed by atoms with E-state index in [1.807, 2.05) is 0 Å². The molecule has 10 heteroatoms. The SMILES string of the molecule is C=CS(=O)(=O)NCC1CCCN(S(=O)(=O)c2cc(Cl)ccc2OC)C1. The third-order valence-corrected chi connectivity index (χ3v) is 7.15. The molecule has 2 rings (SSSR count). The molecule has 0 aliphatic carbocycles. The van der Waals surface area contributed by atoms with Gasteiger partial charge in [0.2, 0.25) is 20.0 Å². The molecule has 25 heavy (non-hydrogen) atoms. The first kappa shape index (κ1) is 20.2. The Hall–Kier alpha value is -1.13. The molecule has 1 atom stereocenters. The zero-order valence-electron chi connectivity index (χ0n) is 13.8. The van der Waals surface area contributed by atoms with Crippen molar-refractivity contribution in [3.05, 3.63) is 35.2 Å². The van der Waals surface area contributed by atoms with Crippen molar-refractivity contribution in [2.24, 2.45) is 5.92 Å². The highest BCUT2D eigenvalue weighted by molar-refractivity contribution is 7.92. The first-order chi connectivity index (χ1) is 11.7. The molecule has 1 aliphatic rings. The second-order valence-corrected chi connectivity index (χ2v) is 9.78. The standard InChI is InChI=1S/C15H21ClN2O5S2/c1-3-24(19,20)17-10-12-5-4-8-18(11-12)25(21,22)15-9-13(16)6-7-14(15)23-2/h3,6-7,9,12,17H,1,4-5,8,10-11H2,2H3. The van der Waals surface area contributed by atoms with Crippen LogP contribution in [0.25, 0.3) is 0 Å². The summed E-state index contributed by atoms with van der Waals surface area (Å²) in [6, 6.07) is 4.43. The highest BCUT2D eigenvalue weighted by atomic mass is 35.5. The molecule has 1 unspecified atom stereocenters. The minimum atomic E-state index is -3.79. The Morgan fingerprint density at radius 1 is 1.40 bits per heavy atom. The summed E-state index contributed by atoms with van der Waals surface area (Å²) in [6.07, 6.45) is 1.38. The lowest BCUT2D eigenvalue weighted by atomic mass is 10.0. The van der Waals surface area contributed by atoms with Crippen LogP contribution in [-0.4, -0.2) is 47.9 Å². The van der Waals surface area contributed by atoms with E-state index in [4.69, 9.17) is 16.3 Å². The quantitative estimate of drug-likeness (QED) is 0.742. The summed E-state index contributed by atoms with van der Waals surface area (Å²) in [7, 11) is -5.93. The molecule has 0 radical (unpaired) electrons. The van der Waals surface area contributed by atoms with Gasteiger partial charge in [-0.15, -0.1) is 0 Å². The molecule has 1 saturated heterocycles. The second kappa shape index (κ2) is 8.05. The predicted octanol–water partition coefficient (Wildman–Crippen LogP) is 1.81. The molecule has 0 amide bonds. The van der Waals surface area contributed by atoms with Gasteiger partial charge in [0.15, 0.2) is 0 Å². The van der Waals surface area contributed by atoms with Crippen molar-refractivity contribution in [3.63, 3.8) is 0 Å². The van der Waals surface area contributed by atoms with E-state index in [1.165, 1.54) is 23.5 Å². The number of nitrogens with one attached hydrogen (secondary N) is 1. The molecule has 1 fully saturated rings. The largest absolute Gasteiger partial charge is 0.495 e. The lowest BCUT2D eigenvalue weighted by Crippen LogP contribution is -2.43. The number of nitrogens with zero attached hydrogens (tertiary/aromatic N) is 1. The molecule has 1 aliphatic heterocycles. The molecular weight excluding hydrogens is 388 g/mol. The zero-order valence-corrected chi connectivity index (χ0v) is 16.2. The highest BCUT2D eigenvalue weighted by Crippen LogP contribution is 2.31. The number of piperidine rings is 1. The number of rotatable bonds is 7. The summed E-state index contributed by atoms with van der Waals surface area (Å²) in [4.78, 5) is 0.00909. The van der Waals surface area contributed by atoms with Crippen LogP contribution in [0.2, 0.25) is 5.02 Å². The van der Waals surface area contributed by atoms with E-state index >= 15 is 0 Å². The third-order valence-electron chi connectivity index (χ3n) is 4.02. The van der Waals surface area contributed by atoms with E-state index in [0.717, 1.165) is 11.8 Å². The van der Waals surface area contributed by atoms with Crippen molar-refractivity contribution >= 4 is 31.6 Å². The molecule has 0 saturated carbocycles. The van der Waals surface area contributed by atoms with E-state index in [9.17, 15) is 16.8 Å². The van der Waals surface area contributed by atoms with Crippen molar-refractivity contribution in [2.45, 2.75) is 17.7 Å². The molecule has 0 bridgehead atoms. The maximum atomic E-state index is 13.0. The van der Waals surface area contributed by atoms with Crippen LogP contribution >= 0.6 is 11.6 Å². The number of ether oxygens (including phenoxy) is 1. The maximum Gasteiger partial charge on any atom is 0.246 e. The lowest BCUT2D eigenvalue weighted by Gasteiger charge is -2.32. The van der Waals surface area contributed by atoms with Crippen molar-refractivity contribution in [3.8, 4) is 5.75 Å². The summed E-state index contributed by atoms with van der Waals surface area (Å²) in [6.45, 7) is 3.98. The van der Waals surface area contributed by atoms with Crippen LogP contribution < -0.4 is 9.46 Å². The van der Waals surface area contributed by atoms with Gasteiger partial charge in [0.05, 0.1) is 7.11 Å². The summed E-state index contributed by atoms with van der Waals surface area (Å²) in [5.41, 5.74) is 0. The van der Waals surface area contributed by atoms with Gasteiger partial charge in [-0.3, -0.25) is 0 Å². The van der Waals surface area contributed by atoms with Crippen LogP contribution in [0.5, 0.6) is 5.75 Å². The van der Waals surface area contributed by atoms with Crippen molar-refractivity contribution in [1.29, 1.82) is 0 Å². The van der Waals surface area contributed by atoms with Crippen LogP contribution in [-0.2, 0) is 20.0 Å². The van der Waals surface area contributed by atoms with E-state index in [2.05, 4.69) is 11.3 Å².